The molecule has 2 rings (SSSR count). The molecule has 3 nitrogen and oxygen atoms in total. The zero-order chi connectivity index (χ0) is 11.6. The van der Waals surface area contributed by atoms with E-state index in [0.29, 0.717) is 11.5 Å². The van der Waals surface area contributed by atoms with Gasteiger partial charge >= 0.3 is 0 Å². The summed E-state index contributed by atoms with van der Waals surface area (Å²) in [7, 11) is 0. The van der Waals surface area contributed by atoms with Crippen LogP contribution in [0.4, 0.5) is 0 Å². The summed E-state index contributed by atoms with van der Waals surface area (Å²) in [5, 5.41) is 6.42. The average Bonchev–Trinajstić information content (AvgIpc) is 2.68. The summed E-state index contributed by atoms with van der Waals surface area (Å²) < 4.78 is 0. The molecule has 0 aromatic carbocycles. The Balaban J connectivity index is 1.82. The molecule has 2 unspecified atom stereocenters. The standard InChI is InChI=1S/C12H22N2OS/c1-12(2)5-3-4-9(6-12)14-11(15)10-7-16-8-13-10/h9-10,13H,3-8H2,1-2H3,(H,14,15). The van der Waals surface area contributed by atoms with E-state index in [-0.39, 0.29) is 11.9 Å². The van der Waals surface area contributed by atoms with Gasteiger partial charge in [-0.05, 0) is 24.7 Å². The van der Waals surface area contributed by atoms with Crippen LogP contribution in [-0.4, -0.2) is 29.6 Å². The van der Waals surface area contributed by atoms with E-state index in [1.807, 2.05) is 0 Å². The summed E-state index contributed by atoms with van der Waals surface area (Å²) in [4.78, 5) is 11.9. The molecule has 92 valence electrons. The van der Waals surface area contributed by atoms with E-state index in [1.165, 1.54) is 12.8 Å². The van der Waals surface area contributed by atoms with Crippen LogP contribution in [-0.2, 0) is 4.79 Å². The molecule has 1 heterocycles. The number of carbonyl (C=O) groups excluding carboxylic acids is 1. The maximum atomic E-state index is 11.9. The highest BCUT2D eigenvalue weighted by atomic mass is 32.2. The Bertz CT molecular complexity index is 262. The lowest BCUT2D eigenvalue weighted by Crippen LogP contribution is -2.48. The molecule has 16 heavy (non-hydrogen) atoms. The molecule has 4 heteroatoms. The number of amides is 1. The first-order chi connectivity index (χ1) is 7.57. The lowest BCUT2D eigenvalue weighted by Gasteiger charge is -2.35. The van der Waals surface area contributed by atoms with Crippen molar-refractivity contribution in [1.82, 2.24) is 10.6 Å². The Morgan fingerprint density at radius 2 is 2.31 bits per heavy atom. The van der Waals surface area contributed by atoms with E-state index in [2.05, 4.69) is 24.5 Å². The Morgan fingerprint density at radius 1 is 1.50 bits per heavy atom. The number of nitrogens with one attached hydrogen (secondary N) is 2. The molecule has 1 amide bonds. The monoisotopic (exact) mass is 242 g/mol. The SMILES string of the molecule is CC1(C)CCCC(NC(=O)C2CSCN2)C1. The van der Waals surface area contributed by atoms with Gasteiger partial charge in [-0.2, -0.15) is 0 Å². The van der Waals surface area contributed by atoms with E-state index in [9.17, 15) is 4.79 Å². The fraction of sp³-hybridized carbons (Fsp3) is 0.917. The van der Waals surface area contributed by atoms with Crippen molar-refractivity contribution in [1.29, 1.82) is 0 Å². The van der Waals surface area contributed by atoms with Crippen LogP contribution >= 0.6 is 11.8 Å². The summed E-state index contributed by atoms with van der Waals surface area (Å²) in [5.74, 6) is 2.03. The topological polar surface area (TPSA) is 41.1 Å². The third-order valence-electron chi connectivity index (χ3n) is 3.58. The van der Waals surface area contributed by atoms with Crippen molar-refractivity contribution in [2.45, 2.75) is 51.6 Å². The van der Waals surface area contributed by atoms with Gasteiger partial charge in [-0.25, -0.2) is 0 Å². The van der Waals surface area contributed by atoms with Gasteiger partial charge in [0.15, 0.2) is 0 Å². The van der Waals surface area contributed by atoms with E-state index in [0.717, 1.165) is 24.5 Å². The molecule has 0 radical (unpaired) electrons. The van der Waals surface area contributed by atoms with E-state index >= 15 is 0 Å². The van der Waals surface area contributed by atoms with Crippen molar-refractivity contribution in [3.63, 3.8) is 0 Å². The van der Waals surface area contributed by atoms with Crippen molar-refractivity contribution in [2.75, 3.05) is 11.6 Å². The molecule has 2 atom stereocenters. The summed E-state index contributed by atoms with van der Waals surface area (Å²) in [5.41, 5.74) is 0.397. The number of carbonyl (C=O) groups is 1. The molecule has 0 bridgehead atoms. The molecular formula is C12H22N2OS. The molecular weight excluding hydrogens is 220 g/mol. The highest BCUT2D eigenvalue weighted by Crippen LogP contribution is 2.35. The van der Waals surface area contributed by atoms with Crippen molar-refractivity contribution < 1.29 is 4.79 Å². The van der Waals surface area contributed by atoms with E-state index in [4.69, 9.17) is 0 Å². The molecule has 1 saturated carbocycles. The van der Waals surface area contributed by atoms with Crippen LogP contribution in [0, 0.1) is 5.41 Å². The van der Waals surface area contributed by atoms with Gasteiger partial charge in [0.05, 0.1) is 6.04 Å². The van der Waals surface area contributed by atoms with Crippen molar-refractivity contribution in [2.24, 2.45) is 5.41 Å². The van der Waals surface area contributed by atoms with Gasteiger partial charge in [0.2, 0.25) is 5.91 Å². The summed E-state index contributed by atoms with van der Waals surface area (Å²) in [6.07, 6.45) is 4.80. The van der Waals surface area contributed by atoms with Gasteiger partial charge < -0.3 is 5.32 Å². The van der Waals surface area contributed by atoms with E-state index in [1.54, 1.807) is 11.8 Å². The summed E-state index contributed by atoms with van der Waals surface area (Å²) in [6, 6.07) is 0.429. The quantitative estimate of drug-likeness (QED) is 0.775. The van der Waals surface area contributed by atoms with Crippen LogP contribution in [0.15, 0.2) is 0 Å². The fourth-order valence-corrected chi connectivity index (χ4v) is 3.63. The van der Waals surface area contributed by atoms with Crippen LogP contribution < -0.4 is 10.6 Å². The van der Waals surface area contributed by atoms with Crippen molar-refractivity contribution in [3.8, 4) is 0 Å². The Labute approximate surface area is 102 Å². The molecule has 2 aliphatic rings. The second-order valence-electron chi connectivity index (χ2n) is 5.74. The second kappa shape index (κ2) is 4.96. The third-order valence-corrected chi connectivity index (χ3v) is 4.52. The average molecular weight is 242 g/mol. The Morgan fingerprint density at radius 3 is 2.94 bits per heavy atom. The smallest absolute Gasteiger partial charge is 0.238 e. The van der Waals surface area contributed by atoms with Gasteiger partial charge in [0.1, 0.15) is 0 Å². The molecule has 1 saturated heterocycles. The number of hydrogen-bond acceptors (Lipinski definition) is 3. The molecule has 1 aliphatic heterocycles. The third kappa shape index (κ3) is 3.14. The minimum atomic E-state index is 0.0371. The van der Waals surface area contributed by atoms with Gasteiger partial charge in [-0.15, -0.1) is 11.8 Å². The normalized spacial score (nSPS) is 33.6. The minimum Gasteiger partial charge on any atom is -0.352 e. The lowest BCUT2D eigenvalue weighted by atomic mass is 9.75. The zero-order valence-corrected chi connectivity index (χ0v) is 11.0. The molecule has 0 aromatic heterocycles. The molecule has 0 aromatic rings. The highest BCUT2D eigenvalue weighted by Gasteiger charge is 2.31. The number of rotatable bonds is 2. The minimum absolute atomic E-state index is 0.0371. The van der Waals surface area contributed by atoms with Gasteiger partial charge in [-0.3, -0.25) is 10.1 Å². The predicted molar refractivity (Wildman–Crippen MR) is 68.4 cm³/mol. The molecule has 0 spiro atoms. The highest BCUT2D eigenvalue weighted by molar-refractivity contribution is 7.99. The first kappa shape index (κ1) is 12.2. The van der Waals surface area contributed by atoms with Crippen LogP contribution in [0.1, 0.15) is 39.5 Å². The van der Waals surface area contributed by atoms with Gasteiger partial charge in [0.25, 0.3) is 0 Å². The van der Waals surface area contributed by atoms with E-state index < -0.39 is 0 Å². The largest absolute Gasteiger partial charge is 0.352 e. The maximum absolute atomic E-state index is 11.9. The second-order valence-corrected chi connectivity index (χ2v) is 6.77. The first-order valence-electron chi connectivity index (χ1n) is 6.18. The fourth-order valence-electron chi connectivity index (χ4n) is 2.69. The van der Waals surface area contributed by atoms with Gasteiger partial charge in [-0.1, -0.05) is 20.3 Å². The van der Waals surface area contributed by atoms with Crippen molar-refractivity contribution >= 4 is 17.7 Å². The first-order valence-corrected chi connectivity index (χ1v) is 7.34. The number of hydrogen-bond donors (Lipinski definition) is 2. The van der Waals surface area contributed by atoms with Gasteiger partial charge in [0, 0.05) is 17.7 Å². The zero-order valence-electron chi connectivity index (χ0n) is 10.2. The molecule has 2 fully saturated rings. The number of thioether (sulfide) groups is 1. The summed E-state index contributed by atoms with van der Waals surface area (Å²) in [6.45, 7) is 4.60. The van der Waals surface area contributed by atoms with Crippen LogP contribution in [0.25, 0.3) is 0 Å². The Hall–Kier alpha value is -0.220. The predicted octanol–water partition coefficient (Wildman–Crippen LogP) is 1.73. The van der Waals surface area contributed by atoms with Crippen LogP contribution in [0.2, 0.25) is 0 Å². The molecule has 2 N–H and O–H groups in total. The van der Waals surface area contributed by atoms with Crippen molar-refractivity contribution in [3.05, 3.63) is 0 Å². The Kier molecular flexibility index (Phi) is 3.80. The van der Waals surface area contributed by atoms with Crippen LogP contribution in [0.3, 0.4) is 0 Å². The lowest BCUT2D eigenvalue weighted by molar-refractivity contribution is -0.123. The summed E-state index contributed by atoms with van der Waals surface area (Å²) >= 11 is 1.80. The van der Waals surface area contributed by atoms with Crippen LogP contribution in [0.5, 0.6) is 0 Å². The maximum Gasteiger partial charge on any atom is 0.238 e. The molecule has 1 aliphatic carbocycles.